The van der Waals surface area contributed by atoms with Gasteiger partial charge in [-0.25, -0.2) is 9.97 Å². The molecular weight excluding hydrogens is 509 g/mol. The topological polar surface area (TPSA) is 69.8 Å². The van der Waals surface area contributed by atoms with Crippen LogP contribution in [0.5, 0.6) is 0 Å². The average Bonchev–Trinajstić information content (AvgIpc) is 3.42. The van der Waals surface area contributed by atoms with Gasteiger partial charge in [-0.05, 0) is 43.5 Å². The zero-order valence-electron chi connectivity index (χ0n) is 19.6. The van der Waals surface area contributed by atoms with Crippen LogP contribution in [0, 0.1) is 11.3 Å². The molecular formula is C25H24ClF3N6S. The Balaban J connectivity index is 1.24. The van der Waals surface area contributed by atoms with Crippen molar-refractivity contribution < 1.29 is 13.2 Å². The largest absolute Gasteiger partial charge is 0.393 e. The van der Waals surface area contributed by atoms with Crippen LogP contribution < -0.4 is 5.32 Å². The fourth-order valence-corrected chi connectivity index (χ4v) is 6.18. The Kier molecular flexibility index (Phi) is 6.81. The highest BCUT2D eigenvalue weighted by atomic mass is 35.5. The van der Waals surface area contributed by atoms with Crippen LogP contribution in [-0.2, 0) is 19.5 Å². The van der Waals surface area contributed by atoms with E-state index in [4.69, 9.17) is 11.6 Å². The first-order chi connectivity index (χ1) is 17.3. The number of likely N-dealkylation sites (tertiary alicyclic amines) is 1. The third-order valence-electron chi connectivity index (χ3n) is 6.61. The number of thiophene rings is 1. The number of benzene rings is 1. The lowest BCUT2D eigenvalue weighted by Crippen LogP contribution is -2.38. The molecule has 0 amide bonds. The van der Waals surface area contributed by atoms with Crippen LogP contribution in [0.3, 0.4) is 0 Å². The number of nitrogens with one attached hydrogen (secondary N) is 1. The number of anilines is 1. The number of hydrogen-bond donors (Lipinski definition) is 1. The van der Waals surface area contributed by atoms with Crippen molar-refractivity contribution in [2.45, 2.75) is 51.5 Å². The second kappa shape index (κ2) is 9.88. The van der Waals surface area contributed by atoms with Crippen LogP contribution in [0.1, 0.15) is 35.9 Å². The molecule has 4 aromatic rings. The Labute approximate surface area is 215 Å². The smallest absolute Gasteiger partial charge is 0.367 e. The van der Waals surface area contributed by atoms with E-state index >= 15 is 0 Å². The highest BCUT2D eigenvalue weighted by molar-refractivity contribution is 7.18. The van der Waals surface area contributed by atoms with E-state index in [1.54, 1.807) is 6.07 Å². The molecule has 1 fully saturated rings. The van der Waals surface area contributed by atoms with Crippen LogP contribution in [0.2, 0.25) is 5.02 Å². The van der Waals surface area contributed by atoms with Gasteiger partial charge in [0.1, 0.15) is 28.7 Å². The number of fused-ring (bicyclic) bond motifs is 2. The fraction of sp³-hybridized carbons (Fsp3) is 0.400. The number of piperidine rings is 1. The highest BCUT2D eigenvalue weighted by Gasteiger charge is 2.29. The molecule has 1 aliphatic rings. The van der Waals surface area contributed by atoms with Crippen molar-refractivity contribution in [1.29, 1.82) is 5.26 Å². The molecule has 188 valence electrons. The Hall–Kier alpha value is -2.87. The third-order valence-corrected chi connectivity index (χ3v) is 8.10. The van der Waals surface area contributed by atoms with Gasteiger partial charge in [0.05, 0.1) is 22.3 Å². The summed E-state index contributed by atoms with van der Waals surface area (Å²) in [6.07, 6.45) is -2.07. The molecule has 4 heterocycles. The van der Waals surface area contributed by atoms with Crippen molar-refractivity contribution in [3.05, 3.63) is 51.7 Å². The number of alkyl halides is 3. The number of halogens is 4. The van der Waals surface area contributed by atoms with Gasteiger partial charge in [-0.2, -0.15) is 18.4 Å². The van der Waals surface area contributed by atoms with Crippen LogP contribution in [0.25, 0.3) is 21.1 Å². The predicted octanol–water partition coefficient (Wildman–Crippen LogP) is 6.37. The SMILES string of the molecule is CCn1c(C#N)cc2c(Cl)c(CN3CCC(Nc4ncnc5sc(CC(F)(F)F)cc45)CC3)ccc21. The first-order valence-electron chi connectivity index (χ1n) is 11.8. The summed E-state index contributed by atoms with van der Waals surface area (Å²) in [5.41, 5.74) is 2.60. The lowest BCUT2D eigenvalue weighted by Gasteiger charge is -2.33. The monoisotopic (exact) mass is 532 g/mol. The highest BCUT2D eigenvalue weighted by Crippen LogP contribution is 2.34. The van der Waals surface area contributed by atoms with Crippen LogP contribution in [0.15, 0.2) is 30.6 Å². The summed E-state index contributed by atoms with van der Waals surface area (Å²) in [4.78, 5) is 11.6. The molecule has 0 spiro atoms. The van der Waals surface area contributed by atoms with Crippen molar-refractivity contribution >= 4 is 49.9 Å². The van der Waals surface area contributed by atoms with Gasteiger partial charge in [0.2, 0.25) is 0 Å². The van der Waals surface area contributed by atoms with Gasteiger partial charge in [0.25, 0.3) is 0 Å². The van der Waals surface area contributed by atoms with Gasteiger partial charge < -0.3 is 9.88 Å². The Bertz CT molecular complexity index is 1450. The molecule has 3 aromatic heterocycles. The van der Waals surface area contributed by atoms with Crippen LogP contribution >= 0.6 is 22.9 Å². The number of nitrogens with zero attached hydrogens (tertiary/aromatic N) is 5. The Morgan fingerprint density at radius 1 is 1.19 bits per heavy atom. The molecule has 6 nitrogen and oxygen atoms in total. The first-order valence-corrected chi connectivity index (χ1v) is 12.9. The molecule has 1 N–H and O–H groups in total. The molecule has 36 heavy (non-hydrogen) atoms. The summed E-state index contributed by atoms with van der Waals surface area (Å²) in [5.74, 6) is 0.588. The molecule has 0 unspecified atom stereocenters. The second-order valence-corrected chi connectivity index (χ2v) is 10.5. The molecule has 1 aromatic carbocycles. The van der Waals surface area contributed by atoms with Gasteiger partial charge in [0, 0.05) is 42.5 Å². The van der Waals surface area contributed by atoms with E-state index in [0.717, 1.165) is 53.7 Å². The lowest BCUT2D eigenvalue weighted by molar-refractivity contribution is -0.126. The van der Waals surface area contributed by atoms with E-state index in [1.807, 2.05) is 29.7 Å². The summed E-state index contributed by atoms with van der Waals surface area (Å²) in [6, 6.07) is 9.88. The Morgan fingerprint density at radius 2 is 1.97 bits per heavy atom. The standard InChI is InChI=1S/C25H24ClF3N6S/c1-2-35-17(12-30)9-19-21(35)4-3-15(22(19)26)13-34-7-5-16(6-8-34)33-23-20-10-18(11-25(27,28)29)36-24(20)32-14-31-23/h3-4,9-10,14,16H,2,5-8,11,13H2,1H3,(H,31,32,33). The van der Waals surface area contributed by atoms with Gasteiger partial charge in [-0.15, -0.1) is 11.3 Å². The third kappa shape index (κ3) is 5.01. The molecule has 0 radical (unpaired) electrons. The lowest BCUT2D eigenvalue weighted by atomic mass is 10.0. The molecule has 11 heteroatoms. The maximum absolute atomic E-state index is 12.8. The van der Waals surface area contributed by atoms with Crippen molar-refractivity contribution in [3.8, 4) is 6.07 Å². The zero-order chi connectivity index (χ0) is 25.4. The summed E-state index contributed by atoms with van der Waals surface area (Å²) in [6.45, 7) is 5.12. The van der Waals surface area contributed by atoms with Crippen molar-refractivity contribution in [3.63, 3.8) is 0 Å². The van der Waals surface area contributed by atoms with E-state index in [0.29, 0.717) is 39.8 Å². The summed E-state index contributed by atoms with van der Waals surface area (Å²) in [5, 5.41) is 15.1. The minimum Gasteiger partial charge on any atom is -0.367 e. The summed E-state index contributed by atoms with van der Waals surface area (Å²) >= 11 is 7.81. The van der Waals surface area contributed by atoms with E-state index < -0.39 is 12.6 Å². The van der Waals surface area contributed by atoms with E-state index in [1.165, 1.54) is 6.33 Å². The number of aryl methyl sites for hydroxylation is 1. The summed E-state index contributed by atoms with van der Waals surface area (Å²) < 4.78 is 40.4. The zero-order valence-corrected chi connectivity index (χ0v) is 21.1. The predicted molar refractivity (Wildman–Crippen MR) is 136 cm³/mol. The first kappa shape index (κ1) is 24.8. The number of aromatic nitrogens is 3. The number of hydrogen-bond acceptors (Lipinski definition) is 6. The van der Waals surface area contributed by atoms with Crippen LogP contribution in [-0.4, -0.2) is 44.7 Å². The molecule has 1 aliphatic heterocycles. The maximum atomic E-state index is 12.8. The minimum absolute atomic E-state index is 0.167. The van der Waals surface area contributed by atoms with Gasteiger partial charge in [0.15, 0.2) is 0 Å². The molecule has 0 aliphatic carbocycles. The van der Waals surface area contributed by atoms with Crippen molar-refractivity contribution in [1.82, 2.24) is 19.4 Å². The second-order valence-electron chi connectivity index (χ2n) is 9.00. The van der Waals surface area contributed by atoms with E-state index in [2.05, 4.69) is 26.3 Å². The van der Waals surface area contributed by atoms with Crippen molar-refractivity contribution in [2.24, 2.45) is 0 Å². The maximum Gasteiger partial charge on any atom is 0.393 e. The van der Waals surface area contributed by atoms with Gasteiger partial charge >= 0.3 is 6.18 Å². The van der Waals surface area contributed by atoms with E-state index in [-0.39, 0.29) is 10.9 Å². The van der Waals surface area contributed by atoms with Gasteiger partial charge in [-0.3, -0.25) is 4.90 Å². The minimum atomic E-state index is -4.25. The van der Waals surface area contributed by atoms with E-state index in [9.17, 15) is 18.4 Å². The van der Waals surface area contributed by atoms with Crippen molar-refractivity contribution in [2.75, 3.05) is 18.4 Å². The van der Waals surface area contributed by atoms with Gasteiger partial charge in [-0.1, -0.05) is 17.7 Å². The Morgan fingerprint density at radius 3 is 2.67 bits per heavy atom. The molecule has 0 atom stereocenters. The molecule has 0 bridgehead atoms. The summed E-state index contributed by atoms with van der Waals surface area (Å²) in [7, 11) is 0. The molecule has 1 saturated heterocycles. The number of nitriles is 1. The molecule has 5 rings (SSSR count). The van der Waals surface area contributed by atoms with Crippen LogP contribution in [0.4, 0.5) is 19.0 Å². The molecule has 0 saturated carbocycles. The fourth-order valence-electron chi connectivity index (χ4n) is 4.88. The average molecular weight is 533 g/mol. The quantitative estimate of drug-likeness (QED) is 0.312. The number of rotatable bonds is 6. The normalized spacial score (nSPS) is 15.6.